The summed E-state index contributed by atoms with van der Waals surface area (Å²) in [5, 5.41) is 8.72. The molecule has 0 unspecified atom stereocenters. The second-order valence-electron chi connectivity index (χ2n) is 4.08. The fraction of sp³-hybridized carbons (Fsp3) is 0.0714. The number of rotatable bonds is 2. The molecule has 0 bridgehead atoms. The Morgan fingerprint density at radius 1 is 0.947 bits per heavy atom. The number of aromatic carboxylic acids is 1. The van der Waals surface area contributed by atoms with Crippen molar-refractivity contribution in [3.05, 3.63) is 58.9 Å². The van der Waals surface area contributed by atoms with E-state index in [1.54, 1.807) is 0 Å². The van der Waals surface area contributed by atoms with Gasteiger partial charge in [0.15, 0.2) is 0 Å². The number of benzene rings is 2. The number of hydrogen-bond acceptors (Lipinski definition) is 1. The molecule has 0 amide bonds. The maximum atomic E-state index is 13.8. The maximum absolute atomic E-state index is 13.8. The van der Waals surface area contributed by atoms with Gasteiger partial charge < -0.3 is 5.11 Å². The molecule has 0 aliphatic rings. The molecule has 0 saturated heterocycles. The fourth-order valence-electron chi connectivity index (χ4n) is 1.73. The summed E-state index contributed by atoms with van der Waals surface area (Å²) < 4.78 is 40.6. The van der Waals surface area contributed by atoms with E-state index < -0.39 is 23.4 Å². The number of carboxylic acids is 1. The number of hydrogen-bond donors (Lipinski definition) is 1. The van der Waals surface area contributed by atoms with E-state index in [1.807, 2.05) is 0 Å². The Morgan fingerprint density at radius 2 is 1.58 bits per heavy atom. The van der Waals surface area contributed by atoms with Crippen LogP contribution in [0.4, 0.5) is 13.2 Å². The van der Waals surface area contributed by atoms with Crippen LogP contribution in [-0.4, -0.2) is 11.1 Å². The van der Waals surface area contributed by atoms with Crippen LogP contribution in [0.25, 0.3) is 11.1 Å². The largest absolute Gasteiger partial charge is 0.478 e. The van der Waals surface area contributed by atoms with Crippen LogP contribution in [-0.2, 0) is 0 Å². The summed E-state index contributed by atoms with van der Waals surface area (Å²) in [6, 6.07) is 4.99. The van der Waals surface area contributed by atoms with Crippen molar-refractivity contribution in [3.63, 3.8) is 0 Å². The lowest BCUT2D eigenvalue weighted by molar-refractivity contribution is 0.0696. The molecule has 0 heterocycles. The lowest BCUT2D eigenvalue weighted by Crippen LogP contribution is -1.99. The van der Waals surface area contributed by atoms with E-state index in [0.29, 0.717) is 6.07 Å². The summed E-state index contributed by atoms with van der Waals surface area (Å²) in [7, 11) is 0. The fourth-order valence-corrected chi connectivity index (χ4v) is 1.73. The number of aryl methyl sites for hydroxylation is 1. The van der Waals surface area contributed by atoms with Crippen molar-refractivity contribution in [2.24, 2.45) is 0 Å². The molecule has 0 aliphatic heterocycles. The van der Waals surface area contributed by atoms with Gasteiger partial charge in [0.1, 0.15) is 17.5 Å². The molecule has 0 radical (unpaired) electrons. The Bertz CT molecular complexity index is 666. The minimum Gasteiger partial charge on any atom is -0.478 e. The summed E-state index contributed by atoms with van der Waals surface area (Å²) >= 11 is 0. The van der Waals surface area contributed by atoms with Crippen molar-refractivity contribution in [1.29, 1.82) is 0 Å². The van der Waals surface area contributed by atoms with Crippen LogP contribution in [0.1, 0.15) is 15.9 Å². The van der Waals surface area contributed by atoms with Gasteiger partial charge in [-0.05, 0) is 30.7 Å². The highest BCUT2D eigenvalue weighted by molar-refractivity contribution is 5.88. The Labute approximate surface area is 107 Å². The van der Waals surface area contributed by atoms with Crippen molar-refractivity contribution in [1.82, 2.24) is 0 Å². The number of carboxylic acid groups (broad SMARTS) is 1. The molecule has 0 spiro atoms. The first-order valence-electron chi connectivity index (χ1n) is 5.39. The zero-order chi connectivity index (χ0) is 14.2. The van der Waals surface area contributed by atoms with E-state index in [2.05, 4.69) is 0 Å². The van der Waals surface area contributed by atoms with Gasteiger partial charge >= 0.3 is 5.97 Å². The third-order valence-corrected chi connectivity index (χ3v) is 2.75. The second-order valence-corrected chi connectivity index (χ2v) is 4.08. The minimum absolute atomic E-state index is 0.103. The highest BCUT2D eigenvalue weighted by atomic mass is 19.1. The Balaban J connectivity index is 2.59. The third-order valence-electron chi connectivity index (χ3n) is 2.75. The molecule has 0 fully saturated rings. The molecule has 1 N–H and O–H groups in total. The van der Waals surface area contributed by atoms with Gasteiger partial charge in [0.25, 0.3) is 0 Å². The van der Waals surface area contributed by atoms with Gasteiger partial charge in [-0.2, -0.15) is 0 Å². The molecule has 0 aliphatic carbocycles. The van der Waals surface area contributed by atoms with E-state index in [1.165, 1.54) is 19.1 Å². The van der Waals surface area contributed by atoms with Gasteiger partial charge in [0, 0.05) is 17.2 Å². The topological polar surface area (TPSA) is 37.3 Å². The van der Waals surface area contributed by atoms with Crippen molar-refractivity contribution >= 4 is 5.97 Å². The van der Waals surface area contributed by atoms with Crippen LogP contribution in [0, 0.1) is 24.4 Å². The molecule has 5 heteroatoms. The van der Waals surface area contributed by atoms with Gasteiger partial charge in [0.2, 0.25) is 0 Å². The van der Waals surface area contributed by atoms with E-state index in [4.69, 9.17) is 5.11 Å². The summed E-state index contributed by atoms with van der Waals surface area (Å²) in [5.74, 6) is -3.76. The quantitative estimate of drug-likeness (QED) is 0.898. The van der Waals surface area contributed by atoms with Crippen molar-refractivity contribution in [2.45, 2.75) is 6.92 Å². The van der Waals surface area contributed by atoms with Gasteiger partial charge in [-0.1, -0.05) is 6.07 Å². The average molecular weight is 266 g/mol. The summed E-state index contributed by atoms with van der Waals surface area (Å²) in [4.78, 5) is 10.7. The van der Waals surface area contributed by atoms with Gasteiger partial charge in [-0.15, -0.1) is 0 Å². The van der Waals surface area contributed by atoms with Crippen LogP contribution in [0.15, 0.2) is 30.3 Å². The number of halogens is 3. The maximum Gasteiger partial charge on any atom is 0.335 e. The van der Waals surface area contributed by atoms with E-state index in [0.717, 1.165) is 12.1 Å². The first-order chi connectivity index (χ1) is 8.90. The smallest absolute Gasteiger partial charge is 0.335 e. The highest BCUT2D eigenvalue weighted by Crippen LogP contribution is 2.28. The SMILES string of the molecule is Cc1cc(-c2ccc(C(=O)O)cc2F)c(F)cc1F. The summed E-state index contributed by atoms with van der Waals surface area (Å²) in [6.07, 6.45) is 0. The van der Waals surface area contributed by atoms with Gasteiger partial charge in [-0.3, -0.25) is 0 Å². The molecule has 2 rings (SSSR count). The summed E-state index contributed by atoms with van der Waals surface area (Å²) in [6.45, 7) is 1.43. The molecule has 0 atom stereocenters. The second kappa shape index (κ2) is 4.76. The van der Waals surface area contributed by atoms with E-state index >= 15 is 0 Å². The molecular weight excluding hydrogens is 257 g/mol. The van der Waals surface area contributed by atoms with Gasteiger partial charge in [-0.25, -0.2) is 18.0 Å². The van der Waals surface area contributed by atoms with Crippen molar-refractivity contribution in [2.75, 3.05) is 0 Å². The molecule has 0 saturated carbocycles. The molecule has 2 nitrogen and oxygen atoms in total. The van der Waals surface area contributed by atoms with Gasteiger partial charge in [0.05, 0.1) is 5.56 Å². The summed E-state index contributed by atoms with van der Waals surface area (Å²) in [5.41, 5.74) is -0.266. The monoisotopic (exact) mass is 266 g/mol. The molecule has 19 heavy (non-hydrogen) atoms. The normalized spacial score (nSPS) is 10.5. The van der Waals surface area contributed by atoms with Crippen LogP contribution < -0.4 is 0 Å². The van der Waals surface area contributed by atoms with Crippen molar-refractivity contribution in [3.8, 4) is 11.1 Å². The van der Waals surface area contributed by atoms with E-state index in [9.17, 15) is 18.0 Å². The first kappa shape index (κ1) is 13.1. The zero-order valence-electron chi connectivity index (χ0n) is 9.88. The Hall–Kier alpha value is -2.30. The van der Waals surface area contributed by atoms with Crippen LogP contribution in [0.3, 0.4) is 0 Å². The Kier molecular flexibility index (Phi) is 3.29. The molecule has 2 aromatic rings. The van der Waals surface area contributed by atoms with Crippen LogP contribution >= 0.6 is 0 Å². The highest BCUT2D eigenvalue weighted by Gasteiger charge is 2.15. The standard InChI is InChI=1S/C14H9F3O2/c1-7-4-10(13(17)6-11(7)15)9-3-2-8(14(18)19)5-12(9)16/h2-6H,1H3,(H,18,19). The zero-order valence-corrected chi connectivity index (χ0v) is 9.88. The molecule has 98 valence electrons. The third kappa shape index (κ3) is 2.45. The van der Waals surface area contributed by atoms with Crippen molar-refractivity contribution < 1.29 is 23.1 Å². The molecular formula is C14H9F3O2. The molecule has 2 aromatic carbocycles. The average Bonchev–Trinajstić information content (AvgIpc) is 2.34. The minimum atomic E-state index is -1.28. The molecule has 0 aromatic heterocycles. The lowest BCUT2D eigenvalue weighted by Gasteiger charge is -2.08. The Morgan fingerprint density at radius 3 is 2.16 bits per heavy atom. The predicted molar refractivity (Wildman–Crippen MR) is 63.4 cm³/mol. The number of carbonyl (C=O) groups is 1. The van der Waals surface area contributed by atoms with E-state index in [-0.39, 0.29) is 22.3 Å². The first-order valence-corrected chi connectivity index (χ1v) is 5.39. The van der Waals surface area contributed by atoms with Crippen LogP contribution in [0.5, 0.6) is 0 Å². The predicted octanol–water partition coefficient (Wildman–Crippen LogP) is 3.78. The van der Waals surface area contributed by atoms with Crippen LogP contribution in [0.2, 0.25) is 0 Å². The lowest BCUT2D eigenvalue weighted by atomic mass is 10.0.